The third-order valence-corrected chi connectivity index (χ3v) is 6.39. The van der Waals surface area contributed by atoms with Crippen molar-refractivity contribution in [2.45, 2.75) is 43.2 Å². The number of aliphatic carboxylic acids is 1. The monoisotopic (exact) mass is 381 g/mol. The summed E-state index contributed by atoms with van der Waals surface area (Å²) in [6.07, 6.45) is 3.76. The molecule has 0 aromatic heterocycles. The van der Waals surface area contributed by atoms with E-state index in [4.69, 9.17) is 0 Å². The Labute approximate surface area is 155 Å². The highest BCUT2D eigenvalue weighted by Gasteiger charge is 2.57. The van der Waals surface area contributed by atoms with E-state index in [-0.39, 0.29) is 34.8 Å². The van der Waals surface area contributed by atoms with Gasteiger partial charge in [0.1, 0.15) is 5.70 Å². The Morgan fingerprint density at radius 2 is 2.19 bits per heavy atom. The summed E-state index contributed by atoms with van der Waals surface area (Å²) in [7, 11) is 1.57. The van der Waals surface area contributed by atoms with Gasteiger partial charge in [-0.15, -0.1) is 11.8 Å². The molecule has 8 nitrogen and oxygen atoms in total. The molecule has 3 rings (SSSR count). The number of amides is 2. The molecule has 0 saturated carbocycles. The molecule has 0 aromatic carbocycles. The molecule has 0 spiro atoms. The molecule has 3 heterocycles. The van der Waals surface area contributed by atoms with E-state index in [1.807, 2.05) is 0 Å². The number of β-lactam (4-membered cyclic amide) rings is 1. The minimum Gasteiger partial charge on any atom is -0.477 e. The average Bonchev–Trinajstić information content (AvgIpc) is 3.15. The molecular weight excluding hydrogens is 358 g/mol. The standard InChI is InChI=1S/C17H23N3O5S/c1-8(21)14-11-6-12(15(17(24)25)20(11)16(14)23)26-10-5-9(19-7-10)3-4-13(22)18-2/h3-4,8-11,14,19,21H,5-7H2,1-2H3,(H,18,22)(H,24,25)/b4-3+/t8-,9-,10+,11-,14-/m1/s1. The van der Waals surface area contributed by atoms with Crippen LogP contribution in [0.25, 0.3) is 0 Å². The smallest absolute Gasteiger partial charge is 0.353 e. The van der Waals surface area contributed by atoms with E-state index in [1.165, 1.54) is 22.7 Å². The Morgan fingerprint density at radius 1 is 1.46 bits per heavy atom. The first-order valence-electron chi connectivity index (χ1n) is 8.61. The number of fused-ring (bicyclic) bond motifs is 1. The van der Waals surface area contributed by atoms with Crippen molar-refractivity contribution in [3.05, 3.63) is 22.8 Å². The fourth-order valence-electron chi connectivity index (χ4n) is 3.79. The number of hydrogen-bond acceptors (Lipinski definition) is 6. The van der Waals surface area contributed by atoms with Gasteiger partial charge in [-0.2, -0.15) is 0 Å². The third kappa shape index (κ3) is 3.38. The van der Waals surface area contributed by atoms with Crippen LogP contribution in [0.1, 0.15) is 19.8 Å². The number of carboxylic acid groups (broad SMARTS) is 1. The molecule has 0 radical (unpaired) electrons. The fraction of sp³-hybridized carbons (Fsp3) is 0.588. The van der Waals surface area contributed by atoms with Crippen molar-refractivity contribution in [3.63, 3.8) is 0 Å². The number of rotatable bonds is 6. The van der Waals surface area contributed by atoms with Crippen LogP contribution in [0.3, 0.4) is 0 Å². The molecule has 26 heavy (non-hydrogen) atoms. The highest BCUT2D eigenvalue weighted by molar-refractivity contribution is 8.03. The second kappa shape index (κ2) is 7.42. The van der Waals surface area contributed by atoms with Crippen LogP contribution in [0.2, 0.25) is 0 Å². The second-order valence-corrected chi connectivity index (χ2v) is 8.18. The number of thioether (sulfide) groups is 1. The molecule has 2 fully saturated rings. The van der Waals surface area contributed by atoms with Crippen LogP contribution < -0.4 is 10.6 Å². The Morgan fingerprint density at radius 3 is 2.81 bits per heavy atom. The second-order valence-electron chi connectivity index (χ2n) is 6.79. The van der Waals surface area contributed by atoms with Crippen LogP contribution in [0, 0.1) is 5.92 Å². The van der Waals surface area contributed by atoms with Gasteiger partial charge in [-0.25, -0.2) is 4.79 Å². The molecule has 0 bridgehead atoms. The number of nitrogens with zero attached hydrogens (tertiary/aromatic N) is 1. The van der Waals surface area contributed by atoms with Gasteiger partial charge >= 0.3 is 5.97 Å². The van der Waals surface area contributed by atoms with Crippen molar-refractivity contribution in [1.29, 1.82) is 0 Å². The van der Waals surface area contributed by atoms with Gasteiger partial charge in [-0.1, -0.05) is 6.08 Å². The average molecular weight is 381 g/mol. The minimum absolute atomic E-state index is 0.0592. The number of carboxylic acids is 1. The Hall–Kier alpha value is -1.84. The molecule has 5 atom stereocenters. The van der Waals surface area contributed by atoms with Crippen LogP contribution in [0.15, 0.2) is 22.8 Å². The summed E-state index contributed by atoms with van der Waals surface area (Å²) in [5.74, 6) is -2.10. The molecule has 0 aliphatic carbocycles. The first kappa shape index (κ1) is 18.9. The largest absolute Gasteiger partial charge is 0.477 e. The summed E-state index contributed by atoms with van der Waals surface area (Å²) < 4.78 is 0. The zero-order valence-electron chi connectivity index (χ0n) is 14.6. The van der Waals surface area contributed by atoms with Gasteiger partial charge in [0.2, 0.25) is 11.8 Å². The summed E-state index contributed by atoms with van der Waals surface area (Å²) in [5.41, 5.74) is 0.0613. The van der Waals surface area contributed by atoms with Crippen molar-refractivity contribution in [2.75, 3.05) is 13.6 Å². The van der Waals surface area contributed by atoms with Crippen LogP contribution >= 0.6 is 11.8 Å². The van der Waals surface area contributed by atoms with E-state index in [2.05, 4.69) is 10.6 Å². The van der Waals surface area contributed by atoms with Crippen LogP contribution in [0.4, 0.5) is 0 Å². The van der Waals surface area contributed by atoms with Gasteiger partial charge in [0, 0.05) is 42.3 Å². The Bertz CT molecular complexity index is 690. The lowest BCUT2D eigenvalue weighted by Crippen LogP contribution is -2.61. The highest BCUT2D eigenvalue weighted by atomic mass is 32.2. The predicted molar refractivity (Wildman–Crippen MR) is 96.1 cm³/mol. The molecule has 2 saturated heterocycles. The number of nitrogens with one attached hydrogen (secondary N) is 2. The predicted octanol–water partition coefficient (Wildman–Crippen LogP) is -0.340. The maximum absolute atomic E-state index is 12.2. The van der Waals surface area contributed by atoms with E-state index in [9.17, 15) is 24.6 Å². The van der Waals surface area contributed by atoms with Gasteiger partial charge in [0.25, 0.3) is 0 Å². The van der Waals surface area contributed by atoms with Gasteiger partial charge in [0.15, 0.2) is 0 Å². The number of hydrogen-bond donors (Lipinski definition) is 4. The quantitative estimate of drug-likeness (QED) is 0.367. The van der Waals surface area contributed by atoms with Crippen molar-refractivity contribution < 1.29 is 24.6 Å². The van der Waals surface area contributed by atoms with Gasteiger partial charge in [-0.3, -0.25) is 9.59 Å². The highest BCUT2D eigenvalue weighted by Crippen LogP contribution is 2.48. The Balaban J connectivity index is 1.66. The maximum atomic E-state index is 12.2. The molecule has 0 aromatic rings. The first-order valence-corrected chi connectivity index (χ1v) is 9.49. The van der Waals surface area contributed by atoms with Gasteiger partial charge < -0.3 is 25.7 Å². The van der Waals surface area contributed by atoms with Crippen LogP contribution in [0.5, 0.6) is 0 Å². The van der Waals surface area contributed by atoms with Crippen molar-refractivity contribution in [3.8, 4) is 0 Å². The number of aliphatic hydroxyl groups excluding tert-OH is 1. The zero-order chi connectivity index (χ0) is 19.0. The molecule has 4 N–H and O–H groups in total. The number of carbonyl (C=O) groups excluding carboxylic acids is 2. The van der Waals surface area contributed by atoms with E-state index in [0.717, 1.165) is 6.42 Å². The van der Waals surface area contributed by atoms with Crippen molar-refractivity contribution >= 4 is 29.5 Å². The van der Waals surface area contributed by atoms with E-state index in [1.54, 1.807) is 20.0 Å². The summed E-state index contributed by atoms with van der Waals surface area (Å²) in [6.45, 7) is 2.26. The van der Waals surface area contributed by atoms with Crippen LogP contribution in [-0.4, -0.2) is 69.9 Å². The lowest BCUT2D eigenvalue weighted by molar-refractivity contribution is -0.161. The van der Waals surface area contributed by atoms with Gasteiger partial charge in [-0.05, 0) is 13.3 Å². The lowest BCUT2D eigenvalue weighted by atomic mass is 9.83. The maximum Gasteiger partial charge on any atom is 0.353 e. The van der Waals surface area contributed by atoms with Crippen LogP contribution in [-0.2, 0) is 14.4 Å². The number of likely N-dealkylation sites (N-methyl/N-ethyl adjacent to an activating group) is 1. The molecule has 2 amide bonds. The minimum atomic E-state index is -1.10. The van der Waals surface area contributed by atoms with Crippen molar-refractivity contribution in [1.82, 2.24) is 15.5 Å². The zero-order valence-corrected chi connectivity index (χ0v) is 15.5. The van der Waals surface area contributed by atoms with E-state index < -0.39 is 18.0 Å². The first-order chi connectivity index (χ1) is 12.3. The topological polar surface area (TPSA) is 119 Å². The normalized spacial score (nSPS) is 32.0. The summed E-state index contributed by atoms with van der Waals surface area (Å²) in [6, 6.07) is -0.196. The molecule has 9 heteroatoms. The number of carbonyl (C=O) groups is 3. The van der Waals surface area contributed by atoms with E-state index >= 15 is 0 Å². The molecule has 3 aliphatic rings. The van der Waals surface area contributed by atoms with Gasteiger partial charge in [0.05, 0.1) is 18.1 Å². The third-order valence-electron chi connectivity index (χ3n) is 5.05. The fourth-order valence-corrected chi connectivity index (χ4v) is 5.24. The van der Waals surface area contributed by atoms with Crippen molar-refractivity contribution in [2.24, 2.45) is 5.92 Å². The molecule has 142 valence electrons. The number of aliphatic hydroxyl groups is 1. The summed E-state index contributed by atoms with van der Waals surface area (Å²) >= 11 is 1.48. The molecule has 0 unspecified atom stereocenters. The Kier molecular flexibility index (Phi) is 5.40. The molecular formula is C17H23N3O5S. The van der Waals surface area contributed by atoms with E-state index in [0.29, 0.717) is 17.9 Å². The SMILES string of the molecule is CNC(=O)/C=C/[C@@H]1C[C@H](SC2=C(C(=O)O)N3C(=O)[C@H]([C@@H](C)O)[C@H]3C2)CN1. The lowest BCUT2D eigenvalue weighted by Gasteiger charge is -2.44. The molecule has 3 aliphatic heterocycles. The summed E-state index contributed by atoms with van der Waals surface area (Å²) in [4.78, 5) is 37.2. The summed E-state index contributed by atoms with van der Waals surface area (Å²) in [5, 5.41) is 25.3.